The Kier molecular flexibility index (Phi) is 5.04. The number of hydrogen-bond donors (Lipinski definition) is 0. The minimum atomic E-state index is -0.171. The average Bonchev–Trinajstić information content (AvgIpc) is 1.72. The van der Waals surface area contributed by atoms with Crippen LogP contribution in [0.5, 0.6) is 0 Å². The van der Waals surface area contributed by atoms with Gasteiger partial charge in [0.2, 0.25) is 0 Å². The SMILES string of the molecule is C[CH2][Al]([CH2]C)[CH2]C.[HH]. The monoisotopic (exact) mass is 116 g/mol. The van der Waals surface area contributed by atoms with E-state index in [0.717, 1.165) is 0 Å². The zero-order valence-electron chi connectivity index (χ0n) is 5.70. The van der Waals surface area contributed by atoms with Gasteiger partial charge in [0.05, 0.1) is 0 Å². The topological polar surface area (TPSA) is 0 Å². The molecule has 0 heterocycles. The summed E-state index contributed by atoms with van der Waals surface area (Å²) in [4.78, 5) is 0. The van der Waals surface area contributed by atoms with Crippen LogP contribution in [0.3, 0.4) is 0 Å². The molecule has 0 aromatic carbocycles. The summed E-state index contributed by atoms with van der Waals surface area (Å²) in [5, 5.41) is 4.48. The smallest absolute Gasteiger partial charge is 0.0967 e. The normalized spacial score (nSPS) is 9.00. The fourth-order valence-electron chi connectivity index (χ4n) is 0.866. The van der Waals surface area contributed by atoms with Crippen molar-refractivity contribution in [1.82, 2.24) is 0 Å². The fraction of sp³-hybridized carbons (Fsp3) is 1.00. The molecule has 0 spiro atoms. The maximum Gasteiger partial charge on any atom is 0.261 e. The maximum atomic E-state index is 2.32. The lowest BCUT2D eigenvalue weighted by molar-refractivity contribution is 1.24. The molecule has 0 N–H and O–H groups in total. The zero-order valence-corrected chi connectivity index (χ0v) is 6.85. The lowest BCUT2D eigenvalue weighted by Crippen LogP contribution is -2.04. The van der Waals surface area contributed by atoms with Crippen molar-refractivity contribution in [1.29, 1.82) is 0 Å². The minimum absolute atomic E-state index is 0. The van der Waals surface area contributed by atoms with E-state index in [0.29, 0.717) is 0 Å². The van der Waals surface area contributed by atoms with Gasteiger partial charge in [0, 0.05) is 1.43 Å². The van der Waals surface area contributed by atoms with Gasteiger partial charge in [-0.05, 0) is 0 Å². The summed E-state index contributed by atoms with van der Waals surface area (Å²) in [5.41, 5.74) is 0. The molecule has 0 bridgehead atoms. The molecule has 0 nitrogen and oxygen atoms in total. The quantitative estimate of drug-likeness (QED) is 0.497. The molecule has 44 valence electrons. The van der Waals surface area contributed by atoms with Gasteiger partial charge in [-0.2, -0.15) is 0 Å². The molecule has 0 fully saturated rings. The van der Waals surface area contributed by atoms with E-state index in [2.05, 4.69) is 20.8 Å². The van der Waals surface area contributed by atoms with Gasteiger partial charge in [-0.1, -0.05) is 36.6 Å². The summed E-state index contributed by atoms with van der Waals surface area (Å²) < 4.78 is 0. The fourth-order valence-corrected chi connectivity index (χ4v) is 2.60. The highest BCUT2D eigenvalue weighted by atomic mass is 27.2. The first-order chi connectivity index (χ1) is 3.35. The third-order valence-corrected chi connectivity index (χ3v) is 5.20. The van der Waals surface area contributed by atoms with Gasteiger partial charge in [0.1, 0.15) is 0 Å². The van der Waals surface area contributed by atoms with Crippen molar-refractivity contribution in [3.63, 3.8) is 0 Å². The molecule has 0 atom stereocenters. The second-order valence-corrected chi connectivity index (χ2v) is 6.27. The van der Waals surface area contributed by atoms with Crippen molar-refractivity contribution in [2.75, 3.05) is 0 Å². The highest BCUT2D eigenvalue weighted by Gasteiger charge is 2.05. The van der Waals surface area contributed by atoms with Crippen LogP contribution in [0.15, 0.2) is 0 Å². The molecule has 0 rings (SSSR count). The van der Waals surface area contributed by atoms with Gasteiger partial charge in [0.15, 0.2) is 0 Å². The summed E-state index contributed by atoms with van der Waals surface area (Å²) in [7, 11) is 0. The van der Waals surface area contributed by atoms with Crippen molar-refractivity contribution in [2.45, 2.75) is 36.6 Å². The minimum Gasteiger partial charge on any atom is -0.0967 e. The Bertz CT molecular complexity index is 30.0. The van der Waals surface area contributed by atoms with Crippen LogP contribution in [0.25, 0.3) is 0 Å². The summed E-state index contributed by atoms with van der Waals surface area (Å²) >= 11 is -0.171. The summed E-state index contributed by atoms with van der Waals surface area (Å²) in [6, 6.07) is 0. The Morgan fingerprint density at radius 3 is 1.29 bits per heavy atom. The predicted molar refractivity (Wildman–Crippen MR) is 39.3 cm³/mol. The largest absolute Gasteiger partial charge is 0.261 e. The predicted octanol–water partition coefficient (Wildman–Crippen LogP) is 2.79. The van der Waals surface area contributed by atoms with Gasteiger partial charge in [-0.25, -0.2) is 0 Å². The van der Waals surface area contributed by atoms with Gasteiger partial charge < -0.3 is 0 Å². The van der Waals surface area contributed by atoms with Crippen LogP contribution in [0, 0.1) is 0 Å². The third kappa shape index (κ3) is 3.14. The molecular formula is C6H17Al. The Morgan fingerprint density at radius 1 is 1.00 bits per heavy atom. The van der Waals surface area contributed by atoms with Gasteiger partial charge in [0.25, 0.3) is 14.1 Å². The van der Waals surface area contributed by atoms with Crippen molar-refractivity contribution in [2.24, 2.45) is 0 Å². The molecule has 0 aliphatic carbocycles. The van der Waals surface area contributed by atoms with Crippen molar-refractivity contribution >= 4 is 14.1 Å². The van der Waals surface area contributed by atoms with E-state index >= 15 is 0 Å². The van der Waals surface area contributed by atoms with E-state index in [9.17, 15) is 0 Å². The van der Waals surface area contributed by atoms with Crippen molar-refractivity contribution in [3.8, 4) is 0 Å². The first-order valence-corrected chi connectivity index (χ1v) is 5.80. The van der Waals surface area contributed by atoms with Crippen molar-refractivity contribution in [3.05, 3.63) is 0 Å². The van der Waals surface area contributed by atoms with Crippen LogP contribution in [0.4, 0.5) is 0 Å². The summed E-state index contributed by atoms with van der Waals surface area (Å²) in [6.07, 6.45) is 0. The first-order valence-electron chi connectivity index (χ1n) is 3.35. The maximum absolute atomic E-state index is 2.32. The highest BCUT2D eigenvalue weighted by Crippen LogP contribution is 2.01. The Balaban J connectivity index is 0. The molecule has 0 aromatic heterocycles. The Morgan fingerprint density at radius 2 is 1.29 bits per heavy atom. The molecule has 0 radical (unpaired) electrons. The molecule has 7 heavy (non-hydrogen) atoms. The molecule has 0 aromatic rings. The third-order valence-electron chi connectivity index (χ3n) is 1.73. The van der Waals surface area contributed by atoms with Crippen LogP contribution in [0.1, 0.15) is 22.2 Å². The number of rotatable bonds is 3. The van der Waals surface area contributed by atoms with E-state index in [1.165, 1.54) is 15.8 Å². The molecule has 1 heteroatoms. The number of hydrogen-bond acceptors (Lipinski definition) is 0. The molecule has 0 aliphatic heterocycles. The first kappa shape index (κ1) is 7.53. The van der Waals surface area contributed by atoms with Crippen LogP contribution in [-0.4, -0.2) is 14.1 Å². The zero-order chi connectivity index (χ0) is 5.70. The van der Waals surface area contributed by atoms with E-state index in [-0.39, 0.29) is 15.6 Å². The van der Waals surface area contributed by atoms with Crippen LogP contribution in [-0.2, 0) is 0 Å². The van der Waals surface area contributed by atoms with E-state index < -0.39 is 0 Å². The molecule has 0 amide bonds. The van der Waals surface area contributed by atoms with Crippen molar-refractivity contribution < 1.29 is 1.43 Å². The molecule has 0 aliphatic rings. The second-order valence-electron chi connectivity index (χ2n) is 2.09. The molecule has 0 saturated carbocycles. The van der Waals surface area contributed by atoms with E-state index in [1.54, 1.807) is 0 Å². The van der Waals surface area contributed by atoms with Gasteiger partial charge in [-0.15, -0.1) is 0 Å². The van der Waals surface area contributed by atoms with Crippen LogP contribution >= 0.6 is 0 Å². The van der Waals surface area contributed by atoms with Crippen LogP contribution < -0.4 is 0 Å². The van der Waals surface area contributed by atoms with Crippen LogP contribution in [0.2, 0.25) is 15.8 Å². The highest BCUT2D eigenvalue weighted by molar-refractivity contribution is 6.58. The van der Waals surface area contributed by atoms with Gasteiger partial charge in [-0.3, -0.25) is 0 Å². The van der Waals surface area contributed by atoms with E-state index in [1.807, 2.05) is 0 Å². The molecular weight excluding hydrogens is 99.0 g/mol. The second kappa shape index (κ2) is 4.69. The molecule has 0 unspecified atom stereocenters. The Labute approximate surface area is 52.8 Å². The standard InChI is InChI=1S/3C2H5.Al.H2/c3*1-2;;/h3*1H2,2H3;;1H. The van der Waals surface area contributed by atoms with Gasteiger partial charge >= 0.3 is 0 Å². The summed E-state index contributed by atoms with van der Waals surface area (Å²) in [6.45, 7) is 6.97. The molecule has 0 saturated heterocycles. The average molecular weight is 116 g/mol. The van der Waals surface area contributed by atoms with E-state index in [4.69, 9.17) is 0 Å². The lowest BCUT2D eigenvalue weighted by atomic mass is 10.9. The lowest BCUT2D eigenvalue weighted by Gasteiger charge is -1.97. The Hall–Kier alpha value is 0.532. The summed E-state index contributed by atoms with van der Waals surface area (Å²) in [5.74, 6) is 0.